The maximum absolute atomic E-state index is 12.3. The van der Waals surface area contributed by atoms with Crippen molar-refractivity contribution in [1.29, 1.82) is 0 Å². The third-order valence-corrected chi connectivity index (χ3v) is 5.84. The maximum atomic E-state index is 12.3. The molecule has 0 aromatic rings. The van der Waals surface area contributed by atoms with Crippen molar-refractivity contribution in [3.63, 3.8) is 0 Å². The second kappa shape index (κ2) is 3.79. The van der Waals surface area contributed by atoms with Gasteiger partial charge in [-0.1, -0.05) is 18.6 Å². The molecule has 3 atom stereocenters. The summed E-state index contributed by atoms with van der Waals surface area (Å²) in [5.74, 6) is 1.32. The van der Waals surface area contributed by atoms with E-state index in [1.807, 2.05) is 0 Å². The van der Waals surface area contributed by atoms with Gasteiger partial charge >= 0.3 is 0 Å². The second-order valence-corrected chi connectivity index (χ2v) is 6.81. The van der Waals surface area contributed by atoms with E-state index in [0.29, 0.717) is 30.3 Å². The molecule has 3 aliphatic rings. The molecule has 0 aromatic carbocycles. The highest BCUT2D eigenvalue weighted by atomic mass is 16.1. The molecule has 2 saturated carbocycles. The summed E-state index contributed by atoms with van der Waals surface area (Å²) in [4.78, 5) is 24.0. The van der Waals surface area contributed by atoms with Crippen LogP contribution in [0.3, 0.4) is 0 Å². The molecule has 0 heterocycles. The van der Waals surface area contributed by atoms with Crippen LogP contribution in [0.5, 0.6) is 0 Å². The van der Waals surface area contributed by atoms with E-state index in [-0.39, 0.29) is 10.8 Å². The predicted octanol–water partition coefficient (Wildman–Crippen LogP) is 3.45. The molecule has 3 rings (SSSR count). The van der Waals surface area contributed by atoms with Crippen LogP contribution < -0.4 is 0 Å². The van der Waals surface area contributed by atoms with E-state index in [1.54, 1.807) is 0 Å². The minimum Gasteiger partial charge on any atom is -0.300 e. The van der Waals surface area contributed by atoms with E-state index in [9.17, 15) is 9.59 Å². The van der Waals surface area contributed by atoms with Gasteiger partial charge in [0, 0.05) is 24.7 Å². The van der Waals surface area contributed by atoms with Gasteiger partial charge in [0.1, 0.15) is 11.6 Å². The van der Waals surface area contributed by atoms with E-state index < -0.39 is 0 Å². The van der Waals surface area contributed by atoms with Gasteiger partial charge in [-0.05, 0) is 43.9 Å². The Morgan fingerprint density at radius 3 is 2.72 bits per heavy atom. The fraction of sp³-hybridized carbons (Fsp3) is 0.750. The number of Topliss-reactive ketones (excluding diaryl/α,β-unsaturated/α-hetero) is 2. The van der Waals surface area contributed by atoms with Crippen molar-refractivity contribution < 1.29 is 9.59 Å². The number of carbonyl (C=O) groups excluding carboxylic acids is 2. The monoisotopic (exact) mass is 246 g/mol. The van der Waals surface area contributed by atoms with Crippen LogP contribution in [-0.2, 0) is 9.59 Å². The SMILES string of the molecule is C[C@]12CC[C@@H]3CC(=O)CC[C@@]3(C)C1=CCCC2=O. The topological polar surface area (TPSA) is 34.1 Å². The zero-order valence-electron chi connectivity index (χ0n) is 11.4. The number of hydrogen-bond donors (Lipinski definition) is 0. The molecule has 0 aliphatic heterocycles. The average molecular weight is 246 g/mol. The molecule has 3 aliphatic carbocycles. The van der Waals surface area contributed by atoms with E-state index in [2.05, 4.69) is 19.9 Å². The lowest BCUT2D eigenvalue weighted by Crippen LogP contribution is -2.49. The molecular formula is C16H22O2. The Bertz CT molecular complexity index is 448. The van der Waals surface area contributed by atoms with Gasteiger partial charge in [-0.2, -0.15) is 0 Å². The van der Waals surface area contributed by atoms with Crippen LogP contribution in [0.2, 0.25) is 0 Å². The van der Waals surface area contributed by atoms with Crippen LogP contribution in [-0.4, -0.2) is 11.6 Å². The third kappa shape index (κ3) is 1.47. The number of allylic oxidation sites excluding steroid dienone is 2. The van der Waals surface area contributed by atoms with Crippen LogP contribution in [0.1, 0.15) is 58.8 Å². The number of hydrogen-bond acceptors (Lipinski definition) is 2. The van der Waals surface area contributed by atoms with E-state index in [1.165, 1.54) is 5.57 Å². The standard InChI is InChI=1S/C16H22O2/c1-15-9-7-12(17)10-11(15)6-8-16(2)13(15)4-3-5-14(16)18/h4,11H,3,5-10H2,1-2H3/t11-,15-,16+/m1/s1. The van der Waals surface area contributed by atoms with Gasteiger partial charge in [0.25, 0.3) is 0 Å². The van der Waals surface area contributed by atoms with Gasteiger partial charge in [-0.3, -0.25) is 9.59 Å². The first-order valence-corrected chi connectivity index (χ1v) is 7.23. The number of rotatable bonds is 0. The summed E-state index contributed by atoms with van der Waals surface area (Å²) in [6.07, 6.45) is 8.31. The summed E-state index contributed by atoms with van der Waals surface area (Å²) in [6, 6.07) is 0. The molecular weight excluding hydrogens is 224 g/mol. The third-order valence-electron chi connectivity index (χ3n) is 5.84. The minimum atomic E-state index is -0.218. The van der Waals surface area contributed by atoms with E-state index in [0.717, 1.165) is 32.1 Å². The summed E-state index contributed by atoms with van der Waals surface area (Å²) < 4.78 is 0. The molecule has 18 heavy (non-hydrogen) atoms. The normalized spacial score (nSPS) is 44.1. The van der Waals surface area contributed by atoms with Crippen molar-refractivity contribution in [2.24, 2.45) is 16.7 Å². The van der Waals surface area contributed by atoms with Gasteiger partial charge in [0.05, 0.1) is 0 Å². The van der Waals surface area contributed by atoms with Gasteiger partial charge in [-0.15, -0.1) is 0 Å². The van der Waals surface area contributed by atoms with Gasteiger partial charge in [-0.25, -0.2) is 0 Å². The quantitative estimate of drug-likeness (QED) is 0.613. The van der Waals surface area contributed by atoms with Crippen LogP contribution in [0.25, 0.3) is 0 Å². The van der Waals surface area contributed by atoms with Crippen LogP contribution in [0.15, 0.2) is 11.6 Å². The molecule has 0 aromatic heterocycles. The van der Waals surface area contributed by atoms with Crippen molar-refractivity contribution in [1.82, 2.24) is 0 Å². The summed E-state index contributed by atoms with van der Waals surface area (Å²) >= 11 is 0. The number of fused-ring (bicyclic) bond motifs is 3. The van der Waals surface area contributed by atoms with Gasteiger partial charge < -0.3 is 0 Å². The van der Waals surface area contributed by atoms with Gasteiger partial charge in [0.15, 0.2) is 0 Å². The molecule has 0 amide bonds. The molecule has 0 spiro atoms. The summed E-state index contributed by atoms with van der Waals surface area (Å²) in [5.41, 5.74) is 1.26. The first-order chi connectivity index (χ1) is 8.47. The van der Waals surface area contributed by atoms with Crippen molar-refractivity contribution in [2.45, 2.75) is 58.8 Å². The minimum absolute atomic E-state index is 0.108. The second-order valence-electron chi connectivity index (χ2n) is 6.81. The van der Waals surface area contributed by atoms with Crippen molar-refractivity contribution in [2.75, 3.05) is 0 Å². The molecule has 0 saturated heterocycles. The molecule has 0 bridgehead atoms. The van der Waals surface area contributed by atoms with Crippen LogP contribution in [0, 0.1) is 16.7 Å². The van der Waals surface area contributed by atoms with Crippen LogP contribution in [0.4, 0.5) is 0 Å². The fourth-order valence-corrected chi connectivity index (χ4v) is 4.58. The number of carbonyl (C=O) groups is 2. The Hall–Kier alpha value is -0.920. The maximum Gasteiger partial charge on any atom is 0.143 e. The lowest BCUT2D eigenvalue weighted by Gasteiger charge is -2.54. The average Bonchev–Trinajstić information content (AvgIpc) is 2.33. The zero-order valence-corrected chi connectivity index (χ0v) is 11.4. The first kappa shape index (κ1) is 12.1. The zero-order chi connectivity index (χ0) is 13.0. The lowest BCUT2D eigenvalue weighted by atomic mass is 9.49. The fourth-order valence-electron chi connectivity index (χ4n) is 4.58. The summed E-state index contributed by atoms with van der Waals surface area (Å²) in [6.45, 7) is 4.43. The summed E-state index contributed by atoms with van der Waals surface area (Å²) in [5, 5.41) is 0. The molecule has 0 N–H and O–H groups in total. The Kier molecular flexibility index (Phi) is 2.55. The molecule has 2 nitrogen and oxygen atoms in total. The number of ketones is 2. The van der Waals surface area contributed by atoms with Gasteiger partial charge in [0.2, 0.25) is 0 Å². The molecule has 2 fully saturated rings. The lowest BCUT2D eigenvalue weighted by molar-refractivity contribution is -0.132. The highest BCUT2D eigenvalue weighted by molar-refractivity contribution is 5.90. The molecule has 2 heteroatoms. The van der Waals surface area contributed by atoms with Crippen molar-refractivity contribution in [3.05, 3.63) is 11.6 Å². The predicted molar refractivity (Wildman–Crippen MR) is 70.1 cm³/mol. The summed E-state index contributed by atoms with van der Waals surface area (Å²) in [7, 11) is 0. The van der Waals surface area contributed by atoms with E-state index in [4.69, 9.17) is 0 Å². The first-order valence-electron chi connectivity index (χ1n) is 7.23. The highest BCUT2D eigenvalue weighted by Gasteiger charge is 2.54. The molecule has 98 valence electrons. The largest absolute Gasteiger partial charge is 0.300 e. The Morgan fingerprint density at radius 2 is 1.94 bits per heavy atom. The Morgan fingerprint density at radius 1 is 1.17 bits per heavy atom. The molecule has 0 radical (unpaired) electrons. The van der Waals surface area contributed by atoms with Crippen LogP contribution >= 0.6 is 0 Å². The Labute approximate surface area is 109 Å². The highest BCUT2D eigenvalue weighted by Crippen LogP contribution is 2.60. The van der Waals surface area contributed by atoms with Crippen molar-refractivity contribution in [3.8, 4) is 0 Å². The Balaban J connectivity index is 2.04. The molecule has 0 unspecified atom stereocenters. The van der Waals surface area contributed by atoms with E-state index >= 15 is 0 Å². The van der Waals surface area contributed by atoms with Crippen molar-refractivity contribution >= 4 is 11.6 Å². The smallest absolute Gasteiger partial charge is 0.143 e.